The van der Waals surface area contributed by atoms with Gasteiger partial charge in [0.1, 0.15) is 0 Å². The normalized spacial score (nSPS) is 11.5. The van der Waals surface area contributed by atoms with E-state index in [1.165, 1.54) is 57.4 Å². The van der Waals surface area contributed by atoms with E-state index in [2.05, 4.69) is 6.58 Å². The Labute approximate surface area is 161 Å². The van der Waals surface area contributed by atoms with Gasteiger partial charge in [-0.1, -0.05) is 64.4 Å². The van der Waals surface area contributed by atoms with E-state index in [0.29, 0.717) is 13.2 Å². The van der Waals surface area contributed by atoms with Gasteiger partial charge in [-0.2, -0.15) is 0 Å². The maximum absolute atomic E-state index is 10.9. The molecule has 0 unspecified atom stereocenters. The van der Waals surface area contributed by atoms with Crippen molar-refractivity contribution >= 4 is 14.8 Å². The van der Waals surface area contributed by atoms with E-state index in [0.717, 1.165) is 25.3 Å². The summed E-state index contributed by atoms with van der Waals surface area (Å²) in [5, 5.41) is 0. The first-order valence-electron chi connectivity index (χ1n) is 10.2. The molecule has 0 aromatic rings. The monoisotopic (exact) mass is 388 g/mol. The molecule has 0 aromatic carbocycles. The lowest BCUT2D eigenvalue weighted by Gasteiger charge is -2.25. The number of hydrogen-bond acceptors (Lipinski definition) is 5. The van der Waals surface area contributed by atoms with E-state index in [4.69, 9.17) is 18.0 Å². The quantitative estimate of drug-likeness (QED) is 0.130. The van der Waals surface area contributed by atoms with Crippen LogP contribution in [0.5, 0.6) is 0 Å². The van der Waals surface area contributed by atoms with Crippen LogP contribution in [0, 0.1) is 0 Å². The molecule has 0 aromatic heterocycles. The van der Waals surface area contributed by atoms with Gasteiger partial charge in [0.15, 0.2) is 0 Å². The maximum atomic E-state index is 10.9. The summed E-state index contributed by atoms with van der Waals surface area (Å²) in [6.07, 6.45) is 14.7. The van der Waals surface area contributed by atoms with E-state index in [9.17, 15) is 4.79 Å². The molecule has 0 saturated carbocycles. The fourth-order valence-electron chi connectivity index (χ4n) is 2.96. The van der Waals surface area contributed by atoms with E-state index >= 15 is 0 Å². The molecule has 0 fully saturated rings. The number of esters is 1. The number of carbonyl (C=O) groups excluding carboxylic acids is 1. The van der Waals surface area contributed by atoms with Crippen molar-refractivity contribution < 1.29 is 22.8 Å². The number of unbranched alkanes of at least 4 members (excludes halogenated alkanes) is 10. The molecule has 0 atom stereocenters. The fraction of sp³-hybridized carbons (Fsp3) is 0.850. The lowest BCUT2D eigenvalue weighted by Crippen LogP contribution is -2.43. The van der Waals surface area contributed by atoms with Gasteiger partial charge in [0, 0.05) is 32.9 Å². The maximum Gasteiger partial charge on any atom is 0.500 e. The topological polar surface area (TPSA) is 54.0 Å². The van der Waals surface area contributed by atoms with Crippen LogP contribution in [0.2, 0.25) is 6.04 Å². The van der Waals surface area contributed by atoms with Crippen LogP contribution in [0.25, 0.3) is 0 Å². The van der Waals surface area contributed by atoms with Crippen molar-refractivity contribution in [2.45, 2.75) is 83.6 Å². The average Bonchev–Trinajstić information content (AvgIpc) is 2.67. The zero-order valence-electron chi connectivity index (χ0n) is 17.2. The highest BCUT2D eigenvalue weighted by Gasteiger charge is 2.37. The Morgan fingerprint density at radius 3 is 1.73 bits per heavy atom. The third-order valence-corrected chi connectivity index (χ3v) is 7.46. The van der Waals surface area contributed by atoms with E-state index in [1.807, 2.05) is 6.92 Å². The predicted octanol–water partition coefficient (Wildman–Crippen LogP) is 5.27. The van der Waals surface area contributed by atoms with Crippen LogP contribution in [0.1, 0.15) is 77.6 Å². The number of rotatable bonds is 19. The van der Waals surface area contributed by atoms with Gasteiger partial charge in [-0.15, -0.1) is 0 Å². The van der Waals surface area contributed by atoms with Crippen LogP contribution < -0.4 is 0 Å². The molecular weight excluding hydrogens is 348 g/mol. The molecule has 0 heterocycles. The van der Waals surface area contributed by atoms with Crippen molar-refractivity contribution in [3.05, 3.63) is 12.7 Å². The minimum absolute atomic E-state index is 0.319. The molecule has 0 rings (SSSR count). The number of ether oxygens (including phenoxy) is 1. The lowest BCUT2D eigenvalue weighted by molar-refractivity contribution is -0.137. The summed E-state index contributed by atoms with van der Waals surface area (Å²) in [4.78, 5) is 10.9. The first kappa shape index (κ1) is 25.3. The molecule has 154 valence electrons. The minimum Gasteiger partial charge on any atom is -0.463 e. The van der Waals surface area contributed by atoms with E-state index < -0.39 is 8.80 Å². The summed E-state index contributed by atoms with van der Waals surface area (Å²) >= 11 is 0. The van der Waals surface area contributed by atoms with Crippen LogP contribution >= 0.6 is 0 Å². The average molecular weight is 389 g/mol. The lowest BCUT2D eigenvalue weighted by atomic mass is 10.1. The van der Waals surface area contributed by atoms with Gasteiger partial charge in [-0.3, -0.25) is 0 Å². The molecule has 0 saturated heterocycles. The highest BCUT2D eigenvalue weighted by Crippen LogP contribution is 2.19. The standard InChI is InChI=1S/C20H40O5Si/c1-5-20(21)24-18-16-14-12-10-8-7-9-11-13-15-17-19-26(22-3,23-4)25-6-2/h5H,1,6-19H2,2-4H3. The highest BCUT2D eigenvalue weighted by molar-refractivity contribution is 6.60. The summed E-state index contributed by atoms with van der Waals surface area (Å²) in [7, 11) is 1.00. The molecule has 0 spiro atoms. The van der Waals surface area contributed by atoms with Gasteiger partial charge in [-0.25, -0.2) is 4.79 Å². The van der Waals surface area contributed by atoms with Gasteiger partial charge < -0.3 is 18.0 Å². The van der Waals surface area contributed by atoms with Gasteiger partial charge in [0.25, 0.3) is 0 Å². The summed E-state index contributed by atoms with van der Waals surface area (Å²) < 4.78 is 21.7. The molecule has 26 heavy (non-hydrogen) atoms. The van der Waals surface area contributed by atoms with Crippen LogP contribution in [-0.2, 0) is 22.8 Å². The summed E-state index contributed by atoms with van der Waals surface area (Å²) in [5.41, 5.74) is 0. The molecule has 0 radical (unpaired) electrons. The van der Waals surface area contributed by atoms with E-state index in [-0.39, 0.29) is 5.97 Å². The van der Waals surface area contributed by atoms with Gasteiger partial charge in [0.2, 0.25) is 0 Å². The fourth-order valence-corrected chi connectivity index (χ4v) is 5.04. The second kappa shape index (κ2) is 17.7. The third kappa shape index (κ3) is 13.5. The summed E-state index contributed by atoms with van der Waals surface area (Å²) in [6, 6.07) is 0.913. The molecule has 0 aliphatic carbocycles. The van der Waals surface area contributed by atoms with Crippen LogP contribution in [-0.4, -0.2) is 42.2 Å². The summed E-state index contributed by atoms with van der Waals surface area (Å²) in [5.74, 6) is -0.319. The Bertz CT molecular complexity index is 345. The Hall–Kier alpha value is -0.693. The minimum atomic E-state index is -2.38. The van der Waals surface area contributed by atoms with Crippen molar-refractivity contribution in [1.29, 1.82) is 0 Å². The van der Waals surface area contributed by atoms with E-state index in [1.54, 1.807) is 14.2 Å². The first-order valence-corrected chi connectivity index (χ1v) is 12.1. The zero-order valence-corrected chi connectivity index (χ0v) is 18.2. The molecule has 0 N–H and O–H groups in total. The van der Waals surface area contributed by atoms with Crippen molar-refractivity contribution in [3.63, 3.8) is 0 Å². The van der Waals surface area contributed by atoms with Gasteiger partial charge in [-0.05, 0) is 19.8 Å². The number of hydrogen-bond donors (Lipinski definition) is 0. The SMILES string of the molecule is C=CC(=O)OCCCCCCCCCCCCC[Si](OC)(OC)OCC. The molecule has 0 aliphatic heterocycles. The molecule has 0 amide bonds. The molecule has 6 heteroatoms. The van der Waals surface area contributed by atoms with Crippen molar-refractivity contribution in [3.8, 4) is 0 Å². The second-order valence-corrected chi connectivity index (χ2v) is 9.51. The zero-order chi connectivity index (χ0) is 19.5. The number of carbonyl (C=O) groups is 1. The Morgan fingerprint density at radius 2 is 1.31 bits per heavy atom. The smallest absolute Gasteiger partial charge is 0.463 e. The van der Waals surface area contributed by atoms with Gasteiger partial charge >= 0.3 is 14.8 Å². The largest absolute Gasteiger partial charge is 0.500 e. The summed E-state index contributed by atoms with van der Waals surface area (Å²) in [6.45, 7) is 6.53. The van der Waals surface area contributed by atoms with Gasteiger partial charge in [0.05, 0.1) is 6.61 Å². The second-order valence-electron chi connectivity index (χ2n) is 6.53. The van der Waals surface area contributed by atoms with Crippen LogP contribution in [0.3, 0.4) is 0 Å². The Kier molecular flexibility index (Phi) is 17.2. The molecule has 5 nitrogen and oxygen atoms in total. The van der Waals surface area contributed by atoms with Crippen molar-refractivity contribution in [2.75, 3.05) is 27.4 Å². The third-order valence-electron chi connectivity index (χ3n) is 4.52. The Morgan fingerprint density at radius 1 is 0.846 bits per heavy atom. The molecule has 0 bridgehead atoms. The van der Waals surface area contributed by atoms with Crippen molar-refractivity contribution in [2.24, 2.45) is 0 Å². The van der Waals surface area contributed by atoms with Crippen LogP contribution in [0.4, 0.5) is 0 Å². The van der Waals surface area contributed by atoms with Crippen LogP contribution in [0.15, 0.2) is 12.7 Å². The predicted molar refractivity (Wildman–Crippen MR) is 108 cm³/mol. The highest BCUT2D eigenvalue weighted by atomic mass is 28.4. The Balaban J connectivity index is 3.36. The molecule has 0 aliphatic rings. The van der Waals surface area contributed by atoms with Crippen molar-refractivity contribution in [1.82, 2.24) is 0 Å². The first-order chi connectivity index (χ1) is 12.6. The molecular formula is C20H40O5Si.